The highest BCUT2D eigenvalue weighted by molar-refractivity contribution is 7.10. The molecule has 0 aromatic carbocycles. The maximum absolute atomic E-state index is 5.91. The minimum Gasteiger partial charge on any atom is -0.249 e. The molecule has 16 heavy (non-hydrogen) atoms. The van der Waals surface area contributed by atoms with E-state index in [9.17, 15) is 0 Å². The summed E-state index contributed by atoms with van der Waals surface area (Å²) in [6.45, 7) is 5.49. The van der Waals surface area contributed by atoms with Crippen LogP contribution in [0.15, 0.2) is 11.4 Å². The highest BCUT2D eigenvalue weighted by Crippen LogP contribution is 2.22. The van der Waals surface area contributed by atoms with Crippen molar-refractivity contribution in [2.45, 2.75) is 51.7 Å². The normalized spacial score (nSPS) is 27.2. The van der Waals surface area contributed by atoms with E-state index >= 15 is 0 Å². The first-order valence-corrected chi connectivity index (χ1v) is 7.17. The molecule has 1 aromatic rings. The fourth-order valence-electron chi connectivity index (χ4n) is 2.35. The van der Waals surface area contributed by atoms with E-state index in [1.807, 2.05) is 11.4 Å². The van der Waals surface area contributed by atoms with Gasteiger partial charge in [-0.3, -0.25) is 0 Å². The molecule has 0 aliphatic carbocycles. The van der Waals surface area contributed by atoms with Gasteiger partial charge in [-0.2, -0.15) is 0 Å². The van der Waals surface area contributed by atoms with Crippen LogP contribution in [0.3, 0.4) is 0 Å². The first kappa shape index (κ1) is 12.4. The highest BCUT2D eigenvalue weighted by atomic mass is 35.5. The summed E-state index contributed by atoms with van der Waals surface area (Å²) < 4.78 is 0. The third-order valence-corrected chi connectivity index (χ3v) is 4.54. The Bertz CT molecular complexity index is 330. The number of rotatable bonds is 3. The molecule has 0 radical (unpaired) electrons. The molecular formula is C12H19ClN2S. The molecule has 2 nitrogen and oxygen atoms in total. The predicted octanol–water partition coefficient (Wildman–Crippen LogP) is 3.67. The molecule has 2 unspecified atom stereocenters. The molecular weight excluding hydrogens is 240 g/mol. The summed E-state index contributed by atoms with van der Waals surface area (Å²) in [5.41, 5.74) is 3.54. The summed E-state index contributed by atoms with van der Waals surface area (Å²) in [4.78, 5) is 1.30. The molecule has 1 saturated heterocycles. The smallest absolute Gasteiger partial charge is 0.0516 e. The number of hydrogen-bond acceptors (Lipinski definition) is 3. The van der Waals surface area contributed by atoms with Crippen molar-refractivity contribution >= 4 is 22.9 Å². The second-order valence-corrected chi connectivity index (χ2v) is 6.03. The van der Waals surface area contributed by atoms with E-state index in [1.54, 1.807) is 11.3 Å². The van der Waals surface area contributed by atoms with Gasteiger partial charge in [-0.05, 0) is 32.8 Å². The number of hydrogen-bond donors (Lipinski definition) is 1. The lowest BCUT2D eigenvalue weighted by atomic mass is 10.00. The summed E-state index contributed by atoms with van der Waals surface area (Å²) >= 11 is 7.63. The van der Waals surface area contributed by atoms with Crippen LogP contribution >= 0.6 is 22.9 Å². The van der Waals surface area contributed by atoms with Crippen molar-refractivity contribution in [1.29, 1.82) is 0 Å². The van der Waals surface area contributed by atoms with Crippen molar-refractivity contribution in [1.82, 2.24) is 10.4 Å². The Morgan fingerprint density at radius 3 is 2.69 bits per heavy atom. The summed E-state index contributed by atoms with van der Waals surface area (Å²) in [7, 11) is 0. The van der Waals surface area contributed by atoms with Gasteiger partial charge < -0.3 is 0 Å². The fourth-order valence-corrected chi connectivity index (χ4v) is 3.35. The maximum Gasteiger partial charge on any atom is 0.0516 e. The van der Waals surface area contributed by atoms with E-state index < -0.39 is 0 Å². The molecule has 0 spiro atoms. The lowest BCUT2D eigenvalue weighted by Crippen LogP contribution is -2.51. The Labute approximate surface area is 107 Å². The monoisotopic (exact) mass is 258 g/mol. The van der Waals surface area contributed by atoms with Gasteiger partial charge in [0.15, 0.2) is 0 Å². The molecule has 1 N–H and O–H groups in total. The molecule has 2 heterocycles. The predicted molar refractivity (Wildman–Crippen MR) is 70.8 cm³/mol. The van der Waals surface area contributed by atoms with E-state index in [1.165, 1.54) is 24.1 Å². The number of thiophene rings is 1. The molecule has 2 rings (SSSR count). The van der Waals surface area contributed by atoms with Crippen molar-refractivity contribution in [3.63, 3.8) is 0 Å². The van der Waals surface area contributed by atoms with Gasteiger partial charge >= 0.3 is 0 Å². The maximum atomic E-state index is 5.91. The zero-order valence-corrected chi connectivity index (χ0v) is 11.4. The number of hydrazine groups is 1. The molecule has 4 heteroatoms. The van der Waals surface area contributed by atoms with Gasteiger partial charge in [-0.1, -0.05) is 18.0 Å². The van der Waals surface area contributed by atoms with Crippen molar-refractivity contribution in [3.8, 4) is 0 Å². The third-order valence-electron chi connectivity index (χ3n) is 3.25. The van der Waals surface area contributed by atoms with E-state index in [-0.39, 0.29) is 0 Å². The Hall–Kier alpha value is -0.0900. The third kappa shape index (κ3) is 2.98. The number of halogens is 1. The molecule has 0 amide bonds. The largest absolute Gasteiger partial charge is 0.249 e. The van der Waals surface area contributed by atoms with Crippen molar-refractivity contribution in [2.75, 3.05) is 0 Å². The zero-order chi connectivity index (χ0) is 11.5. The van der Waals surface area contributed by atoms with Gasteiger partial charge in [-0.25, -0.2) is 10.4 Å². The van der Waals surface area contributed by atoms with Gasteiger partial charge in [0.2, 0.25) is 0 Å². The van der Waals surface area contributed by atoms with Crippen molar-refractivity contribution in [2.24, 2.45) is 0 Å². The van der Waals surface area contributed by atoms with E-state index in [0.29, 0.717) is 12.1 Å². The van der Waals surface area contributed by atoms with E-state index in [4.69, 9.17) is 11.6 Å². The topological polar surface area (TPSA) is 15.3 Å². The quantitative estimate of drug-likeness (QED) is 0.890. The van der Waals surface area contributed by atoms with Crippen LogP contribution in [0, 0.1) is 0 Å². The molecule has 1 aromatic heterocycles. The molecule has 1 fully saturated rings. The Balaban J connectivity index is 1.88. The lowest BCUT2D eigenvalue weighted by molar-refractivity contribution is 0.0439. The number of nitrogens with one attached hydrogen (secondary N) is 1. The Morgan fingerprint density at radius 1 is 1.44 bits per heavy atom. The van der Waals surface area contributed by atoms with Crippen LogP contribution in [0.5, 0.6) is 0 Å². The fraction of sp³-hybridized carbons (Fsp3) is 0.667. The molecule has 1 aliphatic rings. The SMILES string of the molecule is CC1CCCC(C)N1NCc1cc(Cl)cs1. The molecule has 1 aliphatic heterocycles. The summed E-state index contributed by atoms with van der Waals surface area (Å²) in [6.07, 6.45) is 3.94. The standard InChI is InChI=1S/C12H19ClN2S/c1-9-4-3-5-10(2)15(9)14-7-12-6-11(13)8-16-12/h6,8-10,14H,3-5,7H2,1-2H3. The molecule has 0 bridgehead atoms. The van der Waals surface area contributed by atoms with Crippen molar-refractivity contribution in [3.05, 3.63) is 21.3 Å². The van der Waals surface area contributed by atoms with E-state index in [0.717, 1.165) is 11.6 Å². The van der Waals surface area contributed by atoms with Crippen LogP contribution in [-0.2, 0) is 6.54 Å². The summed E-state index contributed by atoms with van der Waals surface area (Å²) in [6, 6.07) is 3.32. The van der Waals surface area contributed by atoms with Gasteiger partial charge in [0.05, 0.1) is 5.02 Å². The summed E-state index contributed by atoms with van der Waals surface area (Å²) in [5.74, 6) is 0. The minimum absolute atomic E-state index is 0.638. The van der Waals surface area contributed by atoms with Crippen LogP contribution in [-0.4, -0.2) is 17.1 Å². The molecule has 0 saturated carbocycles. The van der Waals surface area contributed by atoms with Crippen LogP contribution in [0.2, 0.25) is 5.02 Å². The van der Waals surface area contributed by atoms with Gasteiger partial charge in [0.1, 0.15) is 0 Å². The van der Waals surface area contributed by atoms with Gasteiger partial charge in [-0.15, -0.1) is 11.3 Å². The minimum atomic E-state index is 0.638. The van der Waals surface area contributed by atoms with Gasteiger partial charge in [0, 0.05) is 28.9 Å². The number of nitrogens with zero attached hydrogens (tertiary/aromatic N) is 1. The Morgan fingerprint density at radius 2 is 2.12 bits per heavy atom. The first-order valence-electron chi connectivity index (χ1n) is 5.91. The molecule has 2 atom stereocenters. The second-order valence-electron chi connectivity index (χ2n) is 4.60. The summed E-state index contributed by atoms with van der Waals surface area (Å²) in [5, 5.41) is 5.24. The van der Waals surface area contributed by atoms with Crippen molar-refractivity contribution < 1.29 is 0 Å². The van der Waals surface area contributed by atoms with Crippen LogP contribution < -0.4 is 5.43 Å². The molecule has 90 valence electrons. The second kappa shape index (κ2) is 5.50. The zero-order valence-electron chi connectivity index (χ0n) is 9.87. The average molecular weight is 259 g/mol. The first-order chi connectivity index (χ1) is 7.66. The van der Waals surface area contributed by atoms with E-state index in [2.05, 4.69) is 24.3 Å². The van der Waals surface area contributed by atoms with Crippen LogP contribution in [0.4, 0.5) is 0 Å². The lowest BCUT2D eigenvalue weighted by Gasteiger charge is -2.39. The highest BCUT2D eigenvalue weighted by Gasteiger charge is 2.24. The average Bonchev–Trinajstić information content (AvgIpc) is 2.63. The van der Waals surface area contributed by atoms with Gasteiger partial charge in [0.25, 0.3) is 0 Å². The number of piperidine rings is 1. The van der Waals surface area contributed by atoms with Crippen LogP contribution in [0.25, 0.3) is 0 Å². The Kier molecular flexibility index (Phi) is 4.25. The van der Waals surface area contributed by atoms with Crippen LogP contribution in [0.1, 0.15) is 38.0 Å².